The Morgan fingerprint density at radius 1 is 1.13 bits per heavy atom. The minimum absolute atomic E-state index is 0.0850. The number of imide groups is 1. The Bertz CT molecular complexity index is 1270. The van der Waals surface area contributed by atoms with Gasteiger partial charge < -0.3 is 9.72 Å². The molecule has 1 atom stereocenters. The molecule has 1 N–H and O–H groups in total. The van der Waals surface area contributed by atoms with Gasteiger partial charge in [0.05, 0.1) is 16.7 Å². The number of aryl methyl sites for hydroxylation is 1. The number of hydrogen-bond acceptors (Lipinski definition) is 5. The number of rotatable bonds is 6. The van der Waals surface area contributed by atoms with Crippen molar-refractivity contribution >= 4 is 34.5 Å². The van der Waals surface area contributed by atoms with Crippen LogP contribution in [-0.4, -0.2) is 46.1 Å². The number of H-pyrrole nitrogens is 1. The predicted molar refractivity (Wildman–Crippen MR) is 114 cm³/mol. The summed E-state index contributed by atoms with van der Waals surface area (Å²) >= 11 is 0. The number of aromatic nitrogens is 1. The Morgan fingerprint density at radius 3 is 2.58 bits per heavy atom. The minimum Gasteiger partial charge on any atom is -0.451 e. The maximum absolute atomic E-state index is 13.0. The van der Waals surface area contributed by atoms with Crippen molar-refractivity contribution in [2.24, 2.45) is 0 Å². The molecule has 2 aromatic carbocycles. The summed E-state index contributed by atoms with van der Waals surface area (Å²) < 4.78 is 5.39. The number of ether oxygens (including phenoxy) is 1. The molecule has 0 spiro atoms. The monoisotopic (exact) mass is 416 g/mol. The smallest absolute Gasteiger partial charge is 0.338 e. The topological polar surface area (TPSA) is 96.5 Å². The van der Waals surface area contributed by atoms with E-state index in [4.69, 9.17) is 4.74 Å². The Morgan fingerprint density at radius 2 is 1.84 bits per heavy atom. The molecule has 31 heavy (non-hydrogen) atoms. The molecule has 0 saturated heterocycles. The lowest BCUT2D eigenvalue weighted by molar-refractivity contribution is 0.0319. The summed E-state index contributed by atoms with van der Waals surface area (Å²) in [5.41, 5.74) is 2.45. The summed E-state index contributed by atoms with van der Waals surface area (Å²) in [5, 5.41) is 0.761. The van der Waals surface area contributed by atoms with Gasteiger partial charge in [-0.15, -0.1) is 6.58 Å². The molecular weight excluding hydrogens is 396 g/mol. The van der Waals surface area contributed by atoms with Crippen LogP contribution in [0.1, 0.15) is 54.0 Å². The molecule has 7 heteroatoms. The van der Waals surface area contributed by atoms with Crippen molar-refractivity contribution in [1.29, 1.82) is 0 Å². The van der Waals surface area contributed by atoms with Crippen molar-refractivity contribution in [3.8, 4) is 0 Å². The fourth-order valence-corrected chi connectivity index (χ4v) is 3.79. The summed E-state index contributed by atoms with van der Waals surface area (Å²) in [6.07, 6.45) is 0.421. The first-order valence-electron chi connectivity index (χ1n) is 9.77. The number of hydrogen-bond donors (Lipinski definition) is 1. The Labute approximate surface area is 178 Å². The lowest BCUT2D eigenvalue weighted by atomic mass is 10.0. The van der Waals surface area contributed by atoms with E-state index < -0.39 is 23.9 Å². The van der Waals surface area contributed by atoms with Crippen molar-refractivity contribution < 1.29 is 23.9 Å². The average Bonchev–Trinajstić information content (AvgIpc) is 3.21. The van der Waals surface area contributed by atoms with Crippen LogP contribution in [-0.2, 0) is 4.74 Å². The number of benzene rings is 2. The normalized spacial score (nSPS) is 13.9. The molecule has 1 aliphatic heterocycles. The third-order valence-electron chi connectivity index (χ3n) is 5.31. The van der Waals surface area contributed by atoms with Gasteiger partial charge in [-0.3, -0.25) is 19.3 Å². The van der Waals surface area contributed by atoms with E-state index >= 15 is 0 Å². The Balaban J connectivity index is 1.56. The Hall–Kier alpha value is -4.00. The van der Waals surface area contributed by atoms with Gasteiger partial charge in [-0.25, -0.2) is 4.79 Å². The lowest BCUT2D eigenvalue weighted by Gasteiger charge is -2.13. The van der Waals surface area contributed by atoms with E-state index in [1.54, 1.807) is 6.92 Å². The van der Waals surface area contributed by atoms with E-state index in [2.05, 4.69) is 11.6 Å². The number of amides is 2. The molecule has 1 unspecified atom stereocenters. The number of para-hydroxylation sites is 1. The van der Waals surface area contributed by atoms with Gasteiger partial charge in [-0.2, -0.15) is 0 Å². The first-order chi connectivity index (χ1) is 14.8. The highest BCUT2D eigenvalue weighted by molar-refractivity contribution is 6.22. The Kier molecular flexibility index (Phi) is 5.02. The van der Waals surface area contributed by atoms with Crippen molar-refractivity contribution in [3.63, 3.8) is 0 Å². The standard InChI is InChI=1S/C24H20N2O5/c1-4-11-26-22(28)16-10-9-15(12-18(16)23(26)29)24(30)31-14(3)21(27)20-13(2)25-19-8-6-5-7-17(19)20/h4-10,12,14,25H,1,11H2,2-3H3. The number of fused-ring (bicyclic) bond motifs is 2. The number of nitrogens with zero attached hydrogens (tertiary/aromatic N) is 1. The van der Waals surface area contributed by atoms with Crippen LogP contribution in [0.5, 0.6) is 0 Å². The number of carbonyl (C=O) groups is 4. The number of carbonyl (C=O) groups excluding carboxylic acids is 4. The molecule has 7 nitrogen and oxygen atoms in total. The summed E-state index contributed by atoms with van der Waals surface area (Å²) in [6, 6.07) is 11.6. The van der Waals surface area contributed by atoms with E-state index in [0.29, 0.717) is 11.3 Å². The molecule has 1 aromatic heterocycles. The SMILES string of the molecule is C=CCN1C(=O)c2ccc(C(=O)OC(C)C(=O)c3c(C)[nH]c4ccccc34)cc2C1=O. The van der Waals surface area contributed by atoms with Crippen molar-refractivity contribution in [3.05, 3.63) is 83.1 Å². The minimum atomic E-state index is -1.03. The molecule has 0 aliphatic carbocycles. The van der Waals surface area contributed by atoms with Crippen LogP contribution >= 0.6 is 0 Å². The molecule has 0 saturated carbocycles. The first kappa shape index (κ1) is 20.3. The summed E-state index contributed by atoms with van der Waals surface area (Å²) in [7, 11) is 0. The second-order valence-electron chi connectivity index (χ2n) is 7.35. The maximum Gasteiger partial charge on any atom is 0.338 e. The van der Waals surface area contributed by atoms with Crippen molar-refractivity contribution in [1.82, 2.24) is 9.88 Å². The number of nitrogens with one attached hydrogen (secondary N) is 1. The largest absolute Gasteiger partial charge is 0.451 e. The van der Waals surface area contributed by atoms with E-state index in [-0.39, 0.29) is 29.0 Å². The lowest BCUT2D eigenvalue weighted by Crippen LogP contribution is -2.29. The van der Waals surface area contributed by atoms with Gasteiger partial charge in [0.1, 0.15) is 0 Å². The zero-order valence-electron chi connectivity index (χ0n) is 17.1. The van der Waals surface area contributed by atoms with E-state index in [0.717, 1.165) is 15.8 Å². The fourth-order valence-electron chi connectivity index (χ4n) is 3.79. The molecule has 3 aromatic rings. The van der Waals surface area contributed by atoms with Crippen LogP contribution in [0.15, 0.2) is 55.1 Å². The van der Waals surface area contributed by atoms with Crippen molar-refractivity contribution in [2.45, 2.75) is 20.0 Å². The van der Waals surface area contributed by atoms with Gasteiger partial charge in [0.2, 0.25) is 5.78 Å². The van der Waals surface area contributed by atoms with Crippen LogP contribution in [0.3, 0.4) is 0 Å². The molecule has 2 amide bonds. The van der Waals surface area contributed by atoms with Crippen LogP contribution in [0.2, 0.25) is 0 Å². The van der Waals surface area contributed by atoms with Crippen LogP contribution in [0, 0.1) is 6.92 Å². The number of aromatic amines is 1. The highest BCUT2D eigenvalue weighted by Crippen LogP contribution is 2.26. The highest BCUT2D eigenvalue weighted by Gasteiger charge is 2.35. The average molecular weight is 416 g/mol. The third-order valence-corrected chi connectivity index (χ3v) is 5.31. The second kappa shape index (κ2) is 7.68. The van der Waals surface area contributed by atoms with Gasteiger partial charge in [-0.1, -0.05) is 24.3 Å². The molecule has 2 heterocycles. The van der Waals surface area contributed by atoms with Gasteiger partial charge in [-0.05, 0) is 38.1 Å². The van der Waals surface area contributed by atoms with E-state index in [1.165, 1.54) is 31.2 Å². The molecule has 1 aliphatic rings. The fraction of sp³-hybridized carbons (Fsp3) is 0.167. The van der Waals surface area contributed by atoms with E-state index in [9.17, 15) is 19.2 Å². The zero-order chi connectivity index (χ0) is 22.3. The molecule has 4 rings (SSSR count). The predicted octanol–water partition coefficient (Wildman–Crippen LogP) is 3.69. The van der Waals surface area contributed by atoms with E-state index in [1.807, 2.05) is 24.3 Å². The first-order valence-corrected chi connectivity index (χ1v) is 9.77. The quantitative estimate of drug-likeness (QED) is 0.286. The second-order valence-corrected chi connectivity index (χ2v) is 7.35. The molecule has 0 radical (unpaired) electrons. The summed E-state index contributed by atoms with van der Waals surface area (Å²) in [6.45, 7) is 6.93. The molecule has 156 valence electrons. The zero-order valence-corrected chi connectivity index (χ0v) is 17.1. The number of Topliss-reactive ketones (excluding diaryl/α,β-unsaturated/α-hetero) is 1. The van der Waals surface area contributed by atoms with Crippen LogP contribution < -0.4 is 0 Å². The van der Waals surface area contributed by atoms with Crippen LogP contribution in [0.25, 0.3) is 10.9 Å². The molecule has 0 fully saturated rings. The highest BCUT2D eigenvalue weighted by atomic mass is 16.5. The molecule has 0 bridgehead atoms. The van der Waals surface area contributed by atoms with Crippen LogP contribution in [0.4, 0.5) is 0 Å². The summed E-state index contributed by atoms with van der Waals surface area (Å²) in [4.78, 5) is 54.6. The van der Waals surface area contributed by atoms with Gasteiger partial charge >= 0.3 is 5.97 Å². The van der Waals surface area contributed by atoms with Gasteiger partial charge in [0.25, 0.3) is 11.8 Å². The maximum atomic E-state index is 13.0. The number of esters is 1. The van der Waals surface area contributed by atoms with Crippen molar-refractivity contribution in [2.75, 3.05) is 6.54 Å². The third kappa shape index (κ3) is 3.34. The van der Waals surface area contributed by atoms with Gasteiger partial charge in [0.15, 0.2) is 6.10 Å². The molecular formula is C24H20N2O5. The summed E-state index contributed by atoms with van der Waals surface area (Å²) in [5.74, 6) is -2.00. The number of ketones is 1. The van der Waals surface area contributed by atoms with Gasteiger partial charge in [0, 0.05) is 28.7 Å².